The Kier molecular flexibility index (Phi) is 1.53. The van der Waals surface area contributed by atoms with Crippen LogP contribution in [0.5, 0.6) is 0 Å². The molecule has 0 aromatic heterocycles. The normalized spacial score (nSPS) is 22.3. The van der Waals surface area contributed by atoms with Gasteiger partial charge in [-0.1, -0.05) is 12.2 Å². The minimum Gasteiger partial charge on any atom is -0.294 e. The number of allylic oxidation sites excluding steroid dienone is 6. The van der Waals surface area contributed by atoms with Crippen LogP contribution in [0.2, 0.25) is 0 Å². The summed E-state index contributed by atoms with van der Waals surface area (Å²) in [5.74, 6) is 0.318. The molecule has 0 saturated carbocycles. The molecule has 0 aliphatic heterocycles. The van der Waals surface area contributed by atoms with Gasteiger partial charge in [0.15, 0.2) is 5.78 Å². The van der Waals surface area contributed by atoms with Crippen molar-refractivity contribution in [1.82, 2.24) is 0 Å². The van der Waals surface area contributed by atoms with Crippen LogP contribution >= 0.6 is 0 Å². The van der Waals surface area contributed by atoms with Crippen LogP contribution in [0.25, 0.3) is 0 Å². The SMILES string of the molecule is CC1=CC2=CCCC(=O)C2=C1C. The third kappa shape index (κ3) is 0.893. The lowest BCUT2D eigenvalue weighted by Gasteiger charge is -2.10. The molecule has 0 unspecified atom stereocenters. The summed E-state index contributed by atoms with van der Waals surface area (Å²) in [4.78, 5) is 11.5. The first kappa shape index (κ1) is 7.53. The van der Waals surface area contributed by atoms with Crippen molar-refractivity contribution in [2.24, 2.45) is 0 Å². The van der Waals surface area contributed by atoms with Crippen LogP contribution in [0.3, 0.4) is 0 Å². The first-order valence-corrected chi connectivity index (χ1v) is 4.33. The largest absolute Gasteiger partial charge is 0.294 e. The Balaban J connectivity index is 2.58. The third-order valence-corrected chi connectivity index (χ3v) is 2.64. The Morgan fingerprint density at radius 1 is 1.33 bits per heavy atom. The van der Waals surface area contributed by atoms with Crippen LogP contribution in [-0.2, 0) is 4.79 Å². The van der Waals surface area contributed by atoms with Gasteiger partial charge in [0.25, 0.3) is 0 Å². The predicted octanol–water partition coefficient (Wildman–Crippen LogP) is 2.55. The highest BCUT2D eigenvalue weighted by Gasteiger charge is 2.24. The molecule has 0 bridgehead atoms. The van der Waals surface area contributed by atoms with Crippen molar-refractivity contribution < 1.29 is 4.79 Å². The summed E-state index contributed by atoms with van der Waals surface area (Å²) >= 11 is 0. The molecule has 2 aliphatic rings. The second-order valence-electron chi connectivity index (χ2n) is 3.45. The Morgan fingerprint density at radius 2 is 2.08 bits per heavy atom. The molecule has 1 nitrogen and oxygen atoms in total. The molecule has 0 aromatic carbocycles. The van der Waals surface area contributed by atoms with Crippen molar-refractivity contribution in [3.63, 3.8) is 0 Å². The number of hydrogen-bond acceptors (Lipinski definition) is 1. The number of carbonyl (C=O) groups is 1. The molecule has 0 N–H and O–H groups in total. The standard InChI is InChI=1S/C11H12O/c1-7-6-9-4-3-5-10(12)11(9)8(7)2/h4,6H,3,5H2,1-2H3. The van der Waals surface area contributed by atoms with Gasteiger partial charge in [-0.05, 0) is 37.0 Å². The molecule has 62 valence electrons. The predicted molar refractivity (Wildman–Crippen MR) is 48.8 cm³/mol. The van der Waals surface area contributed by atoms with Crippen LogP contribution in [0.15, 0.2) is 34.4 Å². The minimum atomic E-state index is 0.318. The van der Waals surface area contributed by atoms with Crippen LogP contribution < -0.4 is 0 Å². The molecule has 0 saturated heterocycles. The van der Waals surface area contributed by atoms with Gasteiger partial charge >= 0.3 is 0 Å². The summed E-state index contributed by atoms with van der Waals surface area (Å²) in [7, 11) is 0. The van der Waals surface area contributed by atoms with Gasteiger partial charge in [-0.25, -0.2) is 0 Å². The van der Waals surface area contributed by atoms with Crippen molar-refractivity contribution in [3.8, 4) is 0 Å². The fourth-order valence-corrected chi connectivity index (χ4v) is 1.84. The third-order valence-electron chi connectivity index (χ3n) is 2.64. The van der Waals surface area contributed by atoms with Crippen molar-refractivity contribution in [3.05, 3.63) is 34.4 Å². The molecule has 0 amide bonds. The number of fused-ring (bicyclic) bond motifs is 1. The van der Waals surface area contributed by atoms with Gasteiger partial charge < -0.3 is 0 Å². The highest BCUT2D eigenvalue weighted by molar-refractivity contribution is 6.04. The highest BCUT2D eigenvalue weighted by Crippen LogP contribution is 2.34. The second-order valence-corrected chi connectivity index (χ2v) is 3.45. The summed E-state index contributed by atoms with van der Waals surface area (Å²) < 4.78 is 0. The smallest absolute Gasteiger partial charge is 0.164 e. The molecule has 0 fully saturated rings. The van der Waals surface area contributed by atoms with Crippen molar-refractivity contribution in [1.29, 1.82) is 0 Å². The first-order chi connectivity index (χ1) is 5.70. The molecule has 0 atom stereocenters. The van der Waals surface area contributed by atoms with E-state index in [4.69, 9.17) is 0 Å². The Bertz CT molecular complexity index is 340. The lowest BCUT2D eigenvalue weighted by Crippen LogP contribution is -2.07. The fourth-order valence-electron chi connectivity index (χ4n) is 1.84. The lowest BCUT2D eigenvalue weighted by molar-refractivity contribution is -0.115. The maximum Gasteiger partial charge on any atom is 0.164 e. The second kappa shape index (κ2) is 2.44. The maximum absolute atomic E-state index is 11.5. The molecule has 0 spiro atoms. The van der Waals surface area contributed by atoms with E-state index in [2.05, 4.69) is 19.1 Å². The molecular weight excluding hydrogens is 148 g/mol. The zero-order chi connectivity index (χ0) is 8.72. The van der Waals surface area contributed by atoms with E-state index in [0.29, 0.717) is 12.2 Å². The molecule has 0 heterocycles. The van der Waals surface area contributed by atoms with Crippen molar-refractivity contribution in [2.45, 2.75) is 26.7 Å². The van der Waals surface area contributed by atoms with E-state index < -0.39 is 0 Å². The van der Waals surface area contributed by atoms with Gasteiger partial charge in [-0.2, -0.15) is 0 Å². The van der Waals surface area contributed by atoms with Crippen LogP contribution in [0.4, 0.5) is 0 Å². The summed E-state index contributed by atoms with van der Waals surface area (Å²) in [5, 5.41) is 0. The summed E-state index contributed by atoms with van der Waals surface area (Å²) in [6.07, 6.45) is 5.88. The Hall–Kier alpha value is -1.11. The van der Waals surface area contributed by atoms with Crippen LogP contribution in [0.1, 0.15) is 26.7 Å². The monoisotopic (exact) mass is 160 g/mol. The van der Waals surface area contributed by atoms with Gasteiger partial charge in [-0.3, -0.25) is 4.79 Å². The summed E-state index contributed by atoms with van der Waals surface area (Å²) in [6.45, 7) is 4.10. The molecule has 0 aromatic rings. The number of ketones is 1. The number of Topliss-reactive ketones (excluding diaryl/α,β-unsaturated/α-hetero) is 1. The van der Waals surface area contributed by atoms with Gasteiger partial charge in [0.1, 0.15) is 0 Å². The fraction of sp³-hybridized carbons (Fsp3) is 0.364. The van der Waals surface area contributed by atoms with E-state index in [0.717, 1.165) is 17.6 Å². The zero-order valence-corrected chi connectivity index (χ0v) is 7.48. The van der Waals surface area contributed by atoms with E-state index in [1.54, 1.807) is 0 Å². The number of rotatable bonds is 0. The first-order valence-electron chi connectivity index (χ1n) is 4.33. The van der Waals surface area contributed by atoms with E-state index in [1.807, 2.05) is 6.92 Å². The quantitative estimate of drug-likeness (QED) is 0.532. The van der Waals surface area contributed by atoms with Crippen LogP contribution in [-0.4, -0.2) is 5.78 Å². The zero-order valence-electron chi connectivity index (χ0n) is 7.48. The van der Waals surface area contributed by atoms with Gasteiger partial charge in [0, 0.05) is 12.0 Å². The van der Waals surface area contributed by atoms with E-state index in [-0.39, 0.29) is 0 Å². The van der Waals surface area contributed by atoms with E-state index >= 15 is 0 Å². The van der Waals surface area contributed by atoms with Gasteiger partial charge in [0.2, 0.25) is 0 Å². The van der Waals surface area contributed by atoms with E-state index in [9.17, 15) is 4.79 Å². The molecule has 1 heteroatoms. The molecule has 2 aliphatic carbocycles. The minimum absolute atomic E-state index is 0.318. The molecule has 2 rings (SSSR count). The number of carbonyl (C=O) groups excluding carboxylic acids is 1. The van der Waals surface area contributed by atoms with E-state index in [1.165, 1.54) is 11.1 Å². The Labute approximate surface area is 72.5 Å². The van der Waals surface area contributed by atoms with Gasteiger partial charge in [-0.15, -0.1) is 0 Å². The molecule has 12 heavy (non-hydrogen) atoms. The topological polar surface area (TPSA) is 17.1 Å². The average Bonchev–Trinajstić information content (AvgIpc) is 2.29. The van der Waals surface area contributed by atoms with Crippen molar-refractivity contribution >= 4 is 5.78 Å². The molecule has 0 radical (unpaired) electrons. The lowest BCUT2D eigenvalue weighted by atomic mass is 9.93. The molecular formula is C11H12O. The van der Waals surface area contributed by atoms with Gasteiger partial charge in [0.05, 0.1) is 0 Å². The summed E-state index contributed by atoms with van der Waals surface area (Å²) in [6, 6.07) is 0. The van der Waals surface area contributed by atoms with Crippen molar-refractivity contribution in [2.75, 3.05) is 0 Å². The number of hydrogen-bond donors (Lipinski definition) is 0. The Morgan fingerprint density at radius 3 is 2.75 bits per heavy atom. The average molecular weight is 160 g/mol. The van der Waals surface area contributed by atoms with Crippen LogP contribution in [0, 0.1) is 0 Å². The maximum atomic E-state index is 11.5. The summed E-state index contributed by atoms with van der Waals surface area (Å²) in [5.41, 5.74) is 4.54. The highest BCUT2D eigenvalue weighted by atomic mass is 16.1.